The van der Waals surface area contributed by atoms with Crippen LogP contribution < -0.4 is 9.64 Å². The number of benzene rings is 2. The smallest absolute Gasteiger partial charge is 0.236 e. The molecule has 0 spiro atoms. The lowest BCUT2D eigenvalue weighted by molar-refractivity contribution is 0.415. The Hall–Kier alpha value is -3.08. The summed E-state index contributed by atoms with van der Waals surface area (Å²) in [7, 11) is 3.65. The van der Waals surface area contributed by atoms with Crippen molar-refractivity contribution in [2.45, 2.75) is 0 Å². The summed E-state index contributed by atoms with van der Waals surface area (Å²) in [5.74, 6) is 2.38. The number of hydrogen-bond acceptors (Lipinski definition) is 4. The summed E-state index contributed by atoms with van der Waals surface area (Å²) in [6.45, 7) is 0. The van der Waals surface area contributed by atoms with Crippen molar-refractivity contribution in [3.8, 4) is 5.75 Å². The molecule has 114 valence electrons. The molecule has 0 N–H and O–H groups in total. The lowest BCUT2D eigenvalue weighted by Crippen LogP contribution is -2.11. The Morgan fingerprint density at radius 1 is 0.957 bits per heavy atom. The Balaban J connectivity index is 1.76. The van der Waals surface area contributed by atoms with Crippen molar-refractivity contribution in [3.63, 3.8) is 0 Å². The summed E-state index contributed by atoms with van der Waals surface area (Å²) in [6.07, 6.45) is 2.01. The van der Waals surface area contributed by atoms with Gasteiger partial charge in [-0.15, -0.1) is 0 Å². The number of imidazole rings is 1. The van der Waals surface area contributed by atoms with Crippen molar-refractivity contribution in [2.75, 3.05) is 19.1 Å². The molecule has 0 unspecified atom stereocenters. The van der Waals surface area contributed by atoms with Gasteiger partial charge < -0.3 is 9.64 Å². The summed E-state index contributed by atoms with van der Waals surface area (Å²) >= 11 is 0. The maximum atomic E-state index is 5.20. The zero-order valence-corrected chi connectivity index (χ0v) is 13.0. The first kappa shape index (κ1) is 13.6. The van der Waals surface area contributed by atoms with E-state index in [0.717, 1.165) is 28.3 Å². The van der Waals surface area contributed by atoms with Crippen LogP contribution in [0, 0.1) is 0 Å². The lowest BCUT2D eigenvalue weighted by atomic mass is 10.3. The molecule has 2 heterocycles. The molecule has 2 aromatic heterocycles. The number of hydrogen-bond donors (Lipinski definition) is 0. The molecular formula is C18H16N4O. The van der Waals surface area contributed by atoms with Gasteiger partial charge in [0.05, 0.1) is 18.1 Å². The van der Waals surface area contributed by atoms with Crippen LogP contribution in [0.5, 0.6) is 5.75 Å². The average molecular weight is 304 g/mol. The molecule has 5 heteroatoms. The van der Waals surface area contributed by atoms with E-state index in [0.29, 0.717) is 5.78 Å². The maximum absolute atomic E-state index is 5.20. The van der Waals surface area contributed by atoms with Gasteiger partial charge in [0.1, 0.15) is 11.6 Å². The second kappa shape index (κ2) is 5.28. The fourth-order valence-electron chi connectivity index (χ4n) is 2.66. The van der Waals surface area contributed by atoms with Crippen LogP contribution in [-0.2, 0) is 0 Å². The van der Waals surface area contributed by atoms with Gasteiger partial charge in [-0.1, -0.05) is 12.1 Å². The van der Waals surface area contributed by atoms with Gasteiger partial charge >= 0.3 is 0 Å². The van der Waals surface area contributed by atoms with Crippen LogP contribution in [0.15, 0.2) is 60.8 Å². The van der Waals surface area contributed by atoms with Gasteiger partial charge in [-0.25, -0.2) is 4.98 Å². The molecule has 0 aliphatic heterocycles. The van der Waals surface area contributed by atoms with Gasteiger partial charge in [0.25, 0.3) is 0 Å². The van der Waals surface area contributed by atoms with E-state index in [2.05, 4.69) is 9.97 Å². The Kier molecular flexibility index (Phi) is 3.12. The minimum Gasteiger partial charge on any atom is -0.497 e. The first-order chi connectivity index (χ1) is 11.3. The number of para-hydroxylation sites is 2. The maximum Gasteiger partial charge on any atom is 0.236 e. The van der Waals surface area contributed by atoms with Crippen molar-refractivity contribution in [1.29, 1.82) is 0 Å². The van der Waals surface area contributed by atoms with Crippen LogP contribution in [0.3, 0.4) is 0 Å². The molecule has 23 heavy (non-hydrogen) atoms. The molecular weight excluding hydrogens is 288 g/mol. The van der Waals surface area contributed by atoms with E-state index < -0.39 is 0 Å². The van der Waals surface area contributed by atoms with E-state index in [9.17, 15) is 0 Å². The second-order valence-electron chi connectivity index (χ2n) is 5.31. The highest BCUT2D eigenvalue weighted by Crippen LogP contribution is 2.25. The number of ether oxygens (including phenoxy) is 1. The molecule has 0 aliphatic rings. The third-order valence-corrected chi connectivity index (χ3v) is 3.97. The Bertz CT molecular complexity index is 975. The molecule has 4 aromatic rings. The molecule has 5 nitrogen and oxygen atoms in total. The van der Waals surface area contributed by atoms with E-state index in [1.165, 1.54) is 0 Å². The summed E-state index contributed by atoms with van der Waals surface area (Å²) in [6, 6.07) is 17.9. The molecule has 0 radical (unpaired) electrons. The van der Waals surface area contributed by atoms with Crippen LogP contribution in [0.1, 0.15) is 0 Å². The normalized spacial score (nSPS) is 11.0. The van der Waals surface area contributed by atoms with E-state index in [-0.39, 0.29) is 0 Å². The third-order valence-electron chi connectivity index (χ3n) is 3.97. The SMILES string of the molecule is COc1ccc(N(C)c2ccn3c(n2)nc2ccccc23)cc1. The molecule has 0 atom stereocenters. The first-order valence-electron chi connectivity index (χ1n) is 7.38. The van der Waals surface area contributed by atoms with Crippen LogP contribution in [0.25, 0.3) is 16.8 Å². The number of aromatic nitrogens is 3. The van der Waals surface area contributed by atoms with Crippen molar-refractivity contribution >= 4 is 28.3 Å². The number of rotatable bonds is 3. The summed E-state index contributed by atoms with van der Waals surface area (Å²) in [4.78, 5) is 11.3. The predicted octanol–water partition coefficient (Wildman–Crippen LogP) is 3.66. The minimum absolute atomic E-state index is 0.698. The highest BCUT2D eigenvalue weighted by molar-refractivity contribution is 5.79. The molecule has 2 aromatic carbocycles. The van der Waals surface area contributed by atoms with Gasteiger partial charge in [0, 0.05) is 18.9 Å². The molecule has 0 saturated carbocycles. The third kappa shape index (κ3) is 2.26. The van der Waals surface area contributed by atoms with Gasteiger partial charge in [-0.2, -0.15) is 4.98 Å². The largest absolute Gasteiger partial charge is 0.497 e. The second-order valence-corrected chi connectivity index (χ2v) is 5.31. The van der Waals surface area contributed by atoms with Crippen molar-refractivity contribution in [1.82, 2.24) is 14.4 Å². The Labute approximate surface area is 133 Å². The fraction of sp³-hybridized carbons (Fsp3) is 0.111. The van der Waals surface area contributed by atoms with Crippen LogP contribution >= 0.6 is 0 Å². The average Bonchev–Trinajstić information content (AvgIpc) is 2.99. The van der Waals surface area contributed by atoms with Gasteiger partial charge in [-0.05, 0) is 42.5 Å². The molecule has 0 fully saturated rings. The number of nitrogens with zero attached hydrogens (tertiary/aromatic N) is 4. The first-order valence-corrected chi connectivity index (χ1v) is 7.38. The van der Waals surface area contributed by atoms with Crippen LogP contribution in [0.4, 0.5) is 11.5 Å². The molecule has 0 bridgehead atoms. The van der Waals surface area contributed by atoms with Crippen molar-refractivity contribution in [3.05, 3.63) is 60.8 Å². The lowest BCUT2D eigenvalue weighted by Gasteiger charge is -2.18. The van der Waals surface area contributed by atoms with E-state index in [1.807, 2.05) is 77.1 Å². The Morgan fingerprint density at radius 2 is 1.74 bits per heavy atom. The van der Waals surface area contributed by atoms with Crippen molar-refractivity contribution < 1.29 is 4.74 Å². The monoisotopic (exact) mass is 304 g/mol. The van der Waals surface area contributed by atoms with Crippen LogP contribution in [-0.4, -0.2) is 28.5 Å². The predicted molar refractivity (Wildman–Crippen MR) is 91.6 cm³/mol. The zero-order valence-electron chi connectivity index (χ0n) is 13.0. The van der Waals surface area contributed by atoms with E-state index >= 15 is 0 Å². The summed E-state index contributed by atoms with van der Waals surface area (Å²) in [5.41, 5.74) is 3.05. The molecule has 4 rings (SSSR count). The van der Waals surface area contributed by atoms with Gasteiger partial charge in [0.2, 0.25) is 5.78 Å². The molecule has 0 amide bonds. The van der Waals surface area contributed by atoms with Gasteiger partial charge in [-0.3, -0.25) is 4.40 Å². The number of methoxy groups -OCH3 is 1. The van der Waals surface area contributed by atoms with Crippen molar-refractivity contribution in [2.24, 2.45) is 0 Å². The standard InChI is InChI=1S/C18H16N4O/c1-21(13-7-9-14(23-2)10-8-13)17-11-12-22-16-6-4-3-5-15(16)19-18(22)20-17/h3-12H,1-2H3. The Morgan fingerprint density at radius 3 is 2.52 bits per heavy atom. The quantitative estimate of drug-likeness (QED) is 0.579. The molecule has 0 saturated heterocycles. The van der Waals surface area contributed by atoms with E-state index in [1.54, 1.807) is 7.11 Å². The van der Waals surface area contributed by atoms with Crippen LogP contribution in [0.2, 0.25) is 0 Å². The molecule has 0 aliphatic carbocycles. The minimum atomic E-state index is 0.698. The van der Waals surface area contributed by atoms with Gasteiger partial charge in [0.15, 0.2) is 0 Å². The zero-order chi connectivity index (χ0) is 15.8. The fourth-order valence-corrected chi connectivity index (χ4v) is 2.66. The topological polar surface area (TPSA) is 42.7 Å². The summed E-state index contributed by atoms with van der Waals surface area (Å²) in [5, 5.41) is 0. The number of fused-ring (bicyclic) bond motifs is 3. The van der Waals surface area contributed by atoms with E-state index in [4.69, 9.17) is 4.74 Å². The summed E-state index contributed by atoms with van der Waals surface area (Å²) < 4.78 is 7.20. The number of anilines is 2. The highest BCUT2D eigenvalue weighted by Gasteiger charge is 2.09. The highest BCUT2D eigenvalue weighted by atomic mass is 16.5.